The molecule has 1 aliphatic heterocycles. The van der Waals surface area contributed by atoms with E-state index in [0.29, 0.717) is 12.6 Å². The number of hydrogen-bond acceptors (Lipinski definition) is 3. The summed E-state index contributed by atoms with van der Waals surface area (Å²) in [6, 6.07) is 15.5. The molecular weight excluding hydrogens is 258 g/mol. The van der Waals surface area contributed by atoms with Gasteiger partial charge in [-0.05, 0) is 36.3 Å². The van der Waals surface area contributed by atoms with E-state index in [0.717, 1.165) is 19.6 Å². The summed E-state index contributed by atoms with van der Waals surface area (Å²) >= 11 is 0. The van der Waals surface area contributed by atoms with Crippen molar-refractivity contribution in [1.82, 2.24) is 9.80 Å². The molecule has 2 aromatic rings. The van der Waals surface area contributed by atoms with Crippen LogP contribution in [-0.2, 0) is 0 Å². The first-order valence-electron chi connectivity index (χ1n) is 7.90. The molecule has 1 atom stereocenters. The quantitative estimate of drug-likeness (QED) is 0.939. The van der Waals surface area contributed by atoms with Gasteiger partial charge in [0.15, 0.2) is 0 Å². The van der Waals surface area contributed by atoms with Crippen LogP contribution in [0.2, 0.25) is 0 Å². The van der Waals surface area contributed by atoms with E-state index in [1.807, 2.05) is 0 Å². The SMILES string of the molecule is CN1CCCN(C(CN)c2cccc3ccccc23)CC1. The third kappa shape index (κ3) is 3.10. The smallest absolute Gasteiger partial charge is 0.0477 e. The van der Waals surface area contributed by atoms with E-state index in [-0.39, 0.29) is 0 Å². The average molecular weight is 283 g/mol. The minimum atomic E-state index is 0.322. The molecule has 3 heteroatoms. The molecule has 0 aromatic heterocycles. The van der Waals surface area contributed by atoms with Crippen LogP contribution in [0, 0.1) is 0 Å². The van der Waals surface area contributed by atoms with Gasteiger partial charge in [0.25, 0.3) is 0 Å². The predicted molar refractivity (Wildman–Crippen MR) is 89.4 cm³/mol. The molecule has 112 valence electrons. The highest BCUT2D eigenvalue weighted by atomic mass is 15.2. The third-order valence-corrected chi connectivity index (χ3v) is 4.60. The van der Waals surface area contributed by atoms with Crippen LogP contribution in [-0.4, -0.2) is 49.6 Å². The summed E-state index contributed by atoms with van der Waals surface area (Å²) in [5.74, 6) is 0. The Labute approximate surface area is 127 Å². The number of rotatable bonds is 3. The molecule has 3 nitrogen and oxygen atoms in total. The highest BCUT2D eigenvalue weighted by Crippen LogP contribution is 2.28. The van der Waals surface area contributed by atoms with Crippen molar-refractivity contribution in [3.05, 3.63) is 48.0 Å². The maximum absolute atomic E-state index is 6.16. The molecule has 1 unspecified atom stereocenters. The number of hydrogen-bond donors (Lipinski definition) is 1. The van der Waals surface area contributed by atoms with Crippen LogP contribution in [0.15, 0.2) is 42.5 Å². The first-order valence-corrected chi connectivity index (χ1v) is 7.90. The van der Waals surface area contributed by atoms with Crippen LogP contribution in [0.5, 0.6) is 0 Å². The largest absolute Gasteiger partial charge is 0.329 e. The molecule has 0 saturated carbocycles. The normalized spacial score (nSPS) is 19.5. The van der Waals surface area contributed by atoms with Crippen molar-refractivity contribution < 1.29 is 0 Å². The lowest BCUT2D eigenvalue weighted by Crippen LogP contribution is -2.36. The van der Waals surface area contributed by atoms with Gasteiger partial charge in [-0.25, -0.2) is 0 Å². The standard InChI is InChI=1S/C18H25N3/c1-20-10-5-11-21(13-12-20)18(14-19)17-9-4-7-15-6-2-3-8-16(15)17/h2-4,6-9,18H,5,10-14,19H2,1H3. The summed E-state index contributed by atoms with van der Waals surface area (Å²) in [6.45, 7) is 5.22. The highest BCUT2D eigenvalue weighted by Gasteiger charge is 2.22. The minimum Gasteiger partial charge on any atom is -0.329 e. The Balaban J connectivity index is 1.94. The lowest BCUT2D eigenvalue weighted by atomic mass is 9.97. The van der Waals surface area contributed by atoms with Gasteiger partial charge in [0.2, 0.25) is 0 Å². The topological polar surface area (TPSA) is 32.5 Å². The minimum absolute atomic E-state index is 0.322. The van der Waals surface area contributed by atoms with Crippen LogP contribution < -0.4 is 5.73 Å². The molecular formula is C18H25N3. The maximum Gasteiger partial charge on any atom is 0.0477 e. The van der Waals surface area contributed by atoms with Crippen LogP contribution in [0.4, 0.5) is 0 Å². The van der Waals surface area contributed by atoms with Crippen molar-refractivity contribution in [1.29, 1.82) is 0 Å². The van der Waals surface area contributed by atoms with Gasteiger partial charge >= 0.3 is 0 Å². The molecule has 0 radical (unpaired) electrons. The monoisotopic (exact) mass is 283 g/mol. The average Bonchev–Trinajstić information content (AvgIpc) is 2.73. The van der Waals surface area contributed by atoms with Crippen molar-refractivity contribution >= 4 is 10.8 Å². The Morgan fingerprint density at radius 3 is 2.67 bits per heavy atom. The van der Waals surface area contributed by atoms with Gasteiger partial charge in [-0.3, -0.25) is 4.90 Å². The summed E-state index contributed by atoms with van der Waals surface area (Å²) in [5, 5.41) is 2.65. The van der Waals surface area contributed by atoms with Gasteiger partial charge in [-0.2, -0.15) is 0 Å². The number of nitrogens with two attached hydrogens (primary N) is 1. The van der Waals surface area contributed by atoms with E-state index in [2.05, 4.69) is 59.3 Å². The molecule has 2 N–H and O–H groups in total. The summed E-state index contributed by atoms with van der Waals surface area (Å²) in [6.07, 6.45) is 1.22. The zero-order valence-corrected chi connectivity index (χ0v) is 12.8. The van der Waals surface area contributed by atoms with E-state index < -0.39 is 0 Å². The fourth-order valence-electron chi connectivity index (χ4n) is 3.39. The Morgan fingerprint density at radius 2 is 1.81 bits per heavy atom. The van der Waals surface area contributed by atoms with Crippen LogP contribution in [0.3, 0.4) is 0 Å². The molecule has 0 bridgehead atoms. The Morgan fingerprint density at radius 1 is 1.00 bits per heavy atom. The summed E-state index contributed by atoms with van der Waals surface area (Å²) < 4.78 is 0. The van der Waals surface area contributed by atoms with E-state index >= 15 is 0 Å². The lowest BCUT2D eigenvalue weighted by molar-refractivity contribution is 0.209. The van der Waals surface area contributed by atoms with Crippen molar-refractivity contribution in [2.24, 2.45) is 5.73 Å². The molecule has 0 aliphatic carbocycles. The van der Waals surface area contributed by atoms with Crippen molar-refractivity contribution in [3.63, 3.8) is 0 Å². The third-order valence-electron chi connectivity index (χ3n) is 4.60. The number of benzene rings is 2. The number of nitrogens with zero attached hydrogens (tertiary/aromatic N) is 2. The van der Waals surface area contributed by atoms with E-state index in [1.165, 1.54) is 29.3 Å². The van der Waals surface area contributed by atoms with Crippen LogP contribution >= 0.6 is 0 Å². The molecule has 0 spiro atoms. The van der Waals surface area contributed by atoms with Crippen molar-refractivity contribution in [3.8, 4) is 0 Å². The molecule has 21 heavy (non-hydrogen) atoms. The highest BCUT2D eigenvalue weighted by molar-refractivity contribution is 5.86. The Kier molecular flexibility index (Phi) is 4.54. The van der Waals surface area contributed by atoms with E-state index in [9.17, 15) is 0 Å². The number of fused-ring (bicyclic) bond motifs is 1. The lowest BCUT2D eigenvalue weighted by Gasteiger charge is -2.30. The van der Waals surface area contributed by atoms with Gasteiger partial charge in [-0.1, -0.05) is 42.5 Å². The zero-order chi connectivity index (χ0) is 14.7. The van der Waals surface area contributed by atoms with Crippen molar-refractivity contribution in [2.45, 2.75) is 12.5 Å². The second-order valence-electron chi connectivity index (χ2n) is 6.01. The van der Waals surface area contributed by atoms with Gasteiger partial charge in [0, 0.05) is 32.2 Å². The van der Waals surface area contributed by atoms with Crippen molar-refractivity contribution in [2.75, 3.05) is 39.8 Å². The summed E-state index contributed by atoms with van der Waals surface area (Å²) in [7, 11) is 2.21. The summed E-state index contributed by atoms with van der Waals surface area (Å²) in [5.41, 5.74) is 7.53. The van der Waals surface area contributed by atoms with Gasteiger partial charge < -0.3 is 10.6 Å². The van der Waals surface area contributed by atoms with E-state index in [4.69, 9.17) is 5.73 Å². The van der Waals surface area contributed by atoms with Gasteiger partial charge in [0.05, 0.1) is 0 Å². The van der Waals surface area contributed by atoms with Gasteiger partial charge in [-0.15, -0.1) is 0 Å². The molecule has 3 rings (SSSR count). The molecule has 0 amide bonds. The first-order chi connectivity index (χ1) is 10.3. The molecule has 1 fully saturated rings. The number of likely N-dealkylation sites (N-methyl/N-ethyl adjacent to an activating group) is 1. The van der Waals surface area contributed by atoms with Crippen LogP contribution in [0.25, 0.3) is 10.8 Å². The van der Waals surface area contributed by atoms with E-state index in [1.54, 1.807) is 0 Å². The molecule has 1 saturated heterocycles. The Hall–Kier alpha value is -1.42. The fourth-order valence-corrected chi connectivity index (χ4v) is 3.39. The predicted octanol–water partition coefficient (Wildman–Crippen LogP) is 2.48. The van der Waals surface area contributed by atoms with Crippen LogP contribution in [0.1, 0.15) is 18.0 Å². The Bertz CT molecular complexity index is 591. The molecule has 2 aromatic carbocycles. The van der Waals surface area contributed by atoms with Gasteiger partial charge in [0.1, 0.15) is 0 Å². The second-order valence-corrected chi connectivity index (χ2v) is 6.01. The summed E-state index contributed by atoms with van der Waals surface area (Å²) in [4.78, 5) is 4.97. The molecule has 1 heterocycles. The maximum atomic E-state index is 6.16. The second kappa shape index (κ2) is 6.56. The fraction of sp³-hybridized carbons (Fsp3) is 0.444. The first kappa shape index (κ1) is 14.5. The zero-order valence-electron chi connectivity index (χ0n) is 12.8. The molecule has 1 aliphatic rings.